The zero-order valence-electron chi connectivity index (χ0n) is 21.2. The highest BCUT2D eigenvalue weighted by Crippen LogP contribution is 2.51. The lowest BCUT2D eigenvalue weighted by Gasteiger charge is -2.39. The lowest BCUT2D eigenvalue weighted by molar-refractivity contribution is -0.118. The topological polar surface area (TPSA) is 103 Å². The molecule has 0 fully saturated rings. The van der Waals surface area contributed by atoms with Gasteiger partial charge in [0.1, 0.15) is 11.6 Å². The Bertz CT molecular complexity index is 1230. The molecule has 2 aromatic rings. The Hall–Kier alpha value is -2.94. The number of ether oxygens (including phenoxy) is 3. The molecule has 1 aliphatic heterocycles. The number of H-pyrrole nitrogens is 1. The number of nitrogens with zero attached hydrogens (tertiary/aromatic N) is 1. The van der Waals surface area contributed by atoms with E-state index in [1.165, 1.54) is 11.8 Å². The SMILES string of the molecule is CCCCSc1nc2c(c(=O)[nH]1)C(c1cc(OC)c(OC)cc1OC)C1=C(CC(C)(C)CC1=O)N2. The monoisotopic (exact) mass is 499 g/mol. The van der Waals surface area contributed by atoms with E-state index in [-0.39, 0.29) is 16.8 Å². The number of nitrogens with one attached hydrogen (secondary N) is 2. The van der Waals surface area contributed by atoms with E-state index in [1.807, 2.05) is 0 Å². The smallest absolute Gasteiger partial charge is 0.257 e. The fourth-order valence-electron chi connectivity index (χ4n) is 4.86. The molecule has 0 saturated heterocycles. The van der Waals surface area contributed by atoms with E-state index < -0.39 is 5.92 Å². The number of aromatic nitrogens is 2. The molecule has 2 heterocycles. The third-order valence-electron chi connectivity index (χ3n) is 6.48. The summed E-state index contributed by atoms with van der Waals surface area (Å²) < 4.78 is 16.7. The molecule has 0 bridgehead atoms. The Morgan fingerprint density at radius 1 is 1.06 bits per heavy atom. The quantitative estimate of drug-likeness (QED) is 0.301. The van der Waals surface area contributed by atoms with Crippen LogP contribution in [0, 0.1) is 5.41 Å². The normalized spacial score (nSPS) is 18.5. The number of unbranched alkanes of at least 4 members (excludes halogenated alkanes) is 1. The number of rotatable bonds is 8. The number of hydrogen-bond donors (Lipinski definition) is 2. The Labute approximate surface area is 209 Å². The average Bonchev–Trinajstić information content (AvgIpc) is 2.81. The van der Waals surface area contributed by atoms with Crippen molar-refractivity contribution in [3.63, 3.8) is 0 Å². The number of aromatic amines is 1. The van der Waals surface area contributed by atoms with Gasteiger partial charge in [-0.1, -0.05) is 39.0 Å². The second kappa shape index (κ2) is 9.97. The minimum Gasteiger partial charge on any atom is -0.496 e. The van der Waals surface area contributed by atoms with E-state index in [9.17, 15) is 9.59 Å². The van der Waals surface area contributed by atoms with Gasteiger partial charge in [0.25, 0.3) is 5.56 Å². The van der Waals surface area contributed by atoms with Crippen LogP contribution in [0.3, 0.4) is 0 Å². The average molecular weight is 500 g/mol. The first kappa shape index (κ1) is 25.2. The Morgan fingerprint density at radius 3 is 2.40 bits per heavy atom. The number of Topliss-reactive ketones (excluding diaryl/α,β-unsaturated/α-hetero) is 1. The molecule has 1 aromatic carbocycles. The molecule has 8 nitrogen and oxygen atoms in total. The first-order valence-electron chi connectivity index (χ1n) is 11.8. The van der Waals surface area contributed by atoms with Crippen molar-refractivity contribution in [2.24, 2.45) is 5.41 Å². The number of anilines is 1. The summed E-state index contributed by atoms with van der Waals surface area (Å²) in [6.07, 6.45) is 3.16. The third kappa shape index (κ3) is 4.78. The number of methoxy groups -OCH3 is 3. The minimum absolute atomic E-state index is 0.0111. The number of ketones is 1. The first-order chi connectivity index (χ1) is 16.7. The number of carbonyl (C=O) groups is 1. The summed E-state index contributed by atoms with van der Waals surface area (Å²) in [6.45, 7) is 6.28. The van der Waals surface area contributed by atoms with Gasteiger partial charge in [0.15, 0.2) is 22.4 Å². The number of thioether (sulfide) groups is 1. The fraction of sp³-hybridized carbons (Fsp3) is 0.500. The molecule has 1 aromatic heterocycles. The van der Waals surface area contributed by atoms with Gasteiger partial charge in [-0.2, -0.15) is 0 Å². The van der Waals surface area contributed by atoms with Crippen LogP contribution in [0.4, 0.5) is 5.82 Å². The van der Waals surface area contributed by atoms with Crippen molar-refractivity contribution in [3.8, 4) is 17.2 Å². The standard InChI is InChI=1S/C26H33N3O5S/c1-7-8-9-35-25-28-23-22(24(31)29-25)20(21-15(27-23)12-26(2,3)13-16(21)30)14-10-18(33-5)19(34-6)11-17(14)32-4/h10-11,20H,7-9,12-13H2,1-6H3,(H2,27,28,29,31). The molecular weight excluding hydrogens is 466 g/mol. The van der Waals surface area contributed by atoms with E-state index in [0.29, 0.717) is 57.8 Å². The van der Waals surface area contributed by atoms with Crippen molar-refractivity contribution in [1.82, 2.24) is 9.97 Å². The summed E-state index contributed by atoms with van der Waals surface area (Å²) >= 11 is 1.53. The van der Waals surface area contributed by atoms with Gasteiger partial charge >= 0.3 is 0 Å². The summed E-state index contributed by atoms with van der Waals surface area (Å²) in [7, 11) is 4.66. The molecule has 0 amide bonds. The zero-order chi connectivity index (χ0) is 25.3. The maximum absolute atomic E-state index is 13.5. The molecule has 2 aliphatic rings. The van der Waals surface area contributed by atoms with Crippen LogP contribution < -0.4 is 25.1 Å². The van der Waals surface area contributed by atoms with Crippen molar-refractivity contribution in [1.29, 1.82) is 0 Å². The minimum atomic E-state index is -0.648. The van der Waals surface area contributed by atoms with Gasteiger partial charge in [0.05, 0.1) is 32.8 Å². The van der Waals surface area contributed by atoms with Crippen LogP contribution >= 0.6 is 11.8 Å². The van der Waals surface area contributed by atoms with Crippen LogP contribution in [0.15, 0.2) is 33.4 Å². The Morgan fingerprint density at radius 2 is 1.74 bits per heavy atom. The van der Waals surface area contributed by atoms with Crippen LogP contribution in [0.2, 0.25) is 0 Å². The summed E-state index contributed by atoms with van der Waals surface area (Å²) in [5, 5.41) is 3.93. The van der Waals surface area contributed by atoms with E-state index in [0.717, 1.165) is 24.3 Å². The summed E-state index contributed by atoms with van der Waals surface area (Å²) in [5.41, 5.74) is 1.98. The van der Waals surface area contributed by atoms with Gasteiger partial charge in [0.2, 0.25) is 0 Å². The molecule has 0 spiro atoms. The predicted molar refractivity (Wildman–Crippen MR) is 137 cm³/mol. The molecule has 188 valence electrons. The van der Waals surface area contributed by atoms with Gasteiger partial charge in [-0.15, -0.1) is 0 Å². The second-order valence-corrected chi connectivity index (χ2v) is 10.8. The maximum Gasteiger partial charge on any atom is 0.257 e. The van der Waals surface area contributed by atoms with Crippen molar-refractivity contribution >= 4 is 23.4 Å². The summed E-state index contributed by atoms with van der Waals surface area (Å²) in [5.74, 6) is 2.21. The number of allylic oxidation sites excluding steroid dienone is 2. The van der Waals surface area contributed by atoms with Gasteiger partial charge in [-0.25, -0.2) is 4.98 Å². The zero-order valence-corrected chi connectivity index (χ0v) is 22.0. The molecule has 9 heteroatoms. The van der Waals surface area contributed by atoms with Gasteiger partial charge in [-0.3, -0.25) is 9.59 Å². The Kier molecular flexibility index (Phi) is 7.17. The molecule has 1 unspecified atom stereocenters. The number of benzene rings is 1. The summed E-state index contributed by atoms with van der Waals surface area (Å²) in [6, 6.07) is 3.52. The molecule has 4 rings (SSSR count). The van der Waals surface area contributed by atoms with Crippen LogP contribution in [0.1, 0.15) is 63.5 Å². The fourth-order valence-corrected chi connectivity index (χ4v) is 5.81. The van der Waals surface area contributed by atoms with Crippen molar-refractivity contribution in [3.05, 3.63) is 44.9 Å². The van der Waals surface area contributed by atoms with E-state index in [4.69, 9.17) is 19.2 Å². The lowest BCUT2D eigenvalue weighted by Crippen LogP contribution is -2.37. The molecule has 0 radical (unpaired) electrons. The number of fused-ring (bicyclic) bond motifs is 1. The molecule has 0 saturated carbocycles. The highest BCUT2D eigenvalue weighted by molar-refractivity contribution is 7.99. The highest BCUT2D eigenvalue weighted by atomic mass is 32.2. The third-order valence-corrected chi connectivity index (χ3v) is 7.44. The highest BCUT2D eigenvalue weighted by Gasteiger charge is 2.43. The maximum atomic E-state index is 13.5. The van der Waals surface area contributed by atoms with E-state index in [1.54, 1.807) is 33.5 Å². The molecule has 1 atom stereocenters. The largest absolute Gasteiger partial charge is 0.496 e. The van der Waals surface area contributed by atoms with Crippen LogP contribution in [-0.4, -0.2) is 42.8 Å². The second-order valence-electron chi connectivity index (χ2n) is 9.68. The van der Waals surface area contributed by atoms with E-state index in [2.05, 4.69) is 31.1 Å². The predicted octanol–water partition coefficient (Wildman–Crippen LogP) is 4.89. The van der Waals surface area contributed by atoms with Gasteiger partial charge < -0.3 is 24.5 Å². The molecule has 1 aliphatic carbocycles. The van der Waals surface area contributed by atoms with Crippen molar-refractivity contribution in [2.75, 3.05) is 32.4 Å². The van der Waals surface area contributed by atoms with Gasteiger partial charge in [0, 0.05) is 35.1 Å². The van der Waals surface area contributed by atoms with E-state index >= 15 is 0 Å². The lowest BCUT2D eigenvalue weighted by atomic mass is 9.69. The van der Waals surface area contributed by atoms with Crippen LogP contribution in [0.25, 0.3) is 0 Å². The van der Waals surface area contributed by atoms with Gasteiger partial charge in [-0.05, 0) is 24.3 Å². The molecule has 2 N–H and O–H groups in total. The number of carbonyl (C=O) groups excluding carboxylic acids is 1. The van der Waals surface area contributed by atoms with Crippen LogP contribution in [0.5, 0.6) is 17.2 Å². The molecule has 35 heavy (non-hydrogen) atoms. The number of hydrogen-bond acceptors (Lipinski definition) is 8. The molecular formula is C26H33N3O5S. The Balaban J connectivity index is 1.96. The summed E-state index contributed by atoms with van der Waals surface area (Å²) in [4.78, 5) is 34.7. The first-order valence-corrected chi connectivity index (χ1v) is 12.8. The van der Waals surface area contributed by atoms with Crippen LogP contribution in [-0.2, 0) is 4.79 Å². The van der Waals surface area contributed by atoms with Crippen molar-refractivity contribution in [2.45, 2.75) is 57.5 Å². The van der Waals surface area contributed by atoms with Crippen molar-refractivity contribution < 1.29 is 19.0 Å².